The average Bonchev–Trinajstić information content (AvgIpc) is 3.19. The van der Waals surface area contributed by atoms with Gasteiger partial charge in [-0.15, -0.1) is 0 Å². The molecule has 10 nitrogen and oxygen atoms in total. The van der Waals surface area contributed by atoms with Crippen LogP contribution in [0.5, 0.6) is 0 Å². The molecule has 1 heterocycles. The van der Waals surface area contributed by atoms with Gasteiger partial charge in [0, 0.05) is 17.5 Å². The van der Waals surface area contributed by atoms with E-state index in [1.165, 1.54) is 42.5 Å². The van der Waals surface area contributed by atoms with Crippen LogP contribution in [-0.2, 0) is 10.0 Å². The summed E-state index contributed by atoms with van der Waals surface area (Å²) < 4.78 is 27.7. The second-order valence-corrected chi connectivity index (χ2v) is 8.16. The largest absolute Gasteiger partial charge is 0.319 e. The van der Waals surface area contributed by atoms with Gasteiger partial charge in [-0.25, -0.2) is 8.42 Å². The Hall–Kier alpha value is -4.25. The lowest BCUT2D eigenvalue weighted by molar-refractivity contribution is -0.384. The molecule has 0 saturated carbocycles. The number of hydrogen-bond acceptors (Lipinski definition) is 6. The van der Waals surface area contributed by atoms with Gasteiger partial charge in [-0.05, 0) is 30.3 Å². The van der Waals surface area contributed by atoms with Gasteiger partial charge in [-0.1, -0.05) is 30.3 Å². The van der Waals surface area contributed by atoms with Crippen LogP contribution in [0.25, 0.3) is 10.9 Å². The predicted molar refractivity (Wildman–Crippen MR) is 114 cm³/mol. The maximum atomic E-state index is 12.8. The van der Waals surface area contributed by atoms with E-state index in [2.05, 4.69) is 20.2 Å². The maximum absolute atomic E-state index is 12.8. The molecule has 0 spiro atoms. The van der Waals surface area contributed by atoms with E-state index in [0.717, 1.165) is 0 Å². The standard InChI is InChI=1S/C20H15N5O5S/c26-20(19-15-12-13(25(27)28)10-11-16(15)22-23-19)21-17-8-4-5-9-18(17)24-31(29,30)14-6-2-1-3-7-14/h1-12,24H,(H,21,26)(H,22,23). The quantitative estimate of drug-likeness (QED) is 0.311. The van der Waals surface area contributed by atoms with Crippen LogP contribution in [0.2, 0.25) is 0 Å². The van der Waals surface area contributed by atoms with Crippen LogP contribution < -0.4 is 10.0 Å². The number of benzene rings is 3. The summed E-state index contributed by atoms with van der Waals surface area (Å²) in [6.45, 7) is 0. The fourth-order valence-electron chi connectivity index (χ4n) is 2.95. The van der Waals surface area contributed by atoms with Crippen molar-refractivity contribution in [1.82, 2.24) is 10.2 Å². The van der Waals surface area contributed by atoms with Gasteiger partial charge in [0.1, 0.15) is 0 Å². The normalized spacial score (nSPS) is 11.2. The first-order valence-corrected chi connectivity index (χ1v) is 10.4. The van der Waals surface area contributed by atoms with Gasteiger partial charge in [-0.3, -0.25) is 24.7 Å². The number of H-pyrrole nitrogens is 1. The molecule has 0 fully saturated rings. The first-order valence-electron chi connectivity index (χ1n) is 8.96. The number of carbonyl (C=O) groups is 1. The fourth-order valence-corrected chi connectivity index (χ4v) is 4.06. The van der Waals surface area contributed by atoms with Crippen molar-refractivity contribution >= 4 is 43.9 Å². The SMILES string of the molecule is O=C(Nc1ccccc1NS(=O)(=O)c1ccccc1)c1n[nH]c2ccc([N+](=O)[O-])cc12. The van der Waals surface area contributed by atoms with Crippen LogP contribution in [0.15, 0.2) is 77.7 Å². The number of non-ortho nitro benzene ring substituents is 1. The van der Waals surface area contributed by atoms with Crippen molar-refractivity contribution in [3.63, 3.8) is 0 Å². The number of nitro benzene ring substituents is 1. The van der Waals surface area contributed by atoms with Crippen LogP contribution >= 0.6 is 0 Å². The molecule has 0 aliphatic carbocycles. The number of rotatable bonds is 6. The smallest absolute Gasteiger partial charge is 0.276 e. The van der Waals surface area contributed by atoms with E-state index >= 15 is 0 Å². The molecule has 3 N–H and O–H groups in total. The van der Waals surface area contributed by atoms with Gasteiger partial charge in [0.05, 0.1) is 26.7 Å². The van der Waals surface area contributed by atoms with Crippen LogP contribution in [0.1, 0.15) is 10.5 Å². The lowest BCUT2D eigenvalue weighted by atomic mass is 10.1. The second kappa shape index (κ2) is 7.88. The van der Waals surface area contributed by atoms with E-state index in [1.807, 2.05) is 0 Å². The molecular formula is C20H15N5O5S. The van der Waals surface area contributed by atoms with Crippen molar-refractivity contribution in [3.8, 4) is 0 Å². The Labute approximate surface area is 176 Å². The molecule has 1 amide bonds. The number of hydrogen-bond donors (Lipinski definition) is 3. The number of anilines is 2. The number of amides is 1. The summed E-state index contributed by atoms with van der Waals surface area (Å²) in [6.07, 6.45) is 0. The van der Waals surface area contributed by atoms with Gasteiger partial charge >= 0.3 is 0 Å². The molecule has 0 atom stereocenters. The van der Waals surface area contributed by atoms with Crippen molar-refractivity contribution in [2.24, 2.45) is 0 Å². The first kappa shape index (κ1) is 20.0. The predicted octanol–water partition coefficient (Wildman–Crippen LogP) is 3.52. The average molecular weight is 437 g/mol. The molecule has 0 unspecified atom stereocenters. The molecule has 31 heavy (non-hydrogen) atoms. The van der Waals surface area contributed by atoms with E-state index in [1.54, 1.807) is 30.3 Å². The second-order valence-electron chi connectivity index (χ2n) is 6.48. The van der Waals surface area contributed by atoms with Gasteiger partial charge < -0.3 is 5.32 Å². The van der Waals surface area contributed by atoms with Gasteiger partial charge in [0.15, 0.2) is 5.69 Å². The highest BCUT2D eigenvalue weighted by atomic mass is 32.2. The zero-order valence-corrected chi connectivity index (χ0v) is 16.6. The summed E-state index contributed by atoms with van der Waals surface area (Å²) in [7, 11) is -3.87. The molecule has 11 heteroatoms. The van der Waals surface area contributed by atoms with Crippen molar-refractivity contribution in [2.75, 3.05) is 10.0 Å². The Balaban J connectivity index is 1.64. The summed E-state index contributed by atoms with van der Waals surface area (Å²) in [5.41, 5.74) is 0.575. The Kier molecular flexibility index (Phi) is 5.09. The van der Waals surface area contributed by atoms with E-state index in [4.69, 9.17) is 0 Å². The van der Waals surface area contributed by atoms with Gasteiger partial charge in [0.25, 0.3) is 21.6 Å². The number of aromatic nitrogens is 2. The third-order valence-electron chi connectivity index (χ3n) is 4.45. The van der Waals surface area contributed by atoms with Gasteiger partial charge in [0.2, 0.25) is 0 Å². The summed E-state index contributed by atoms with van der Waals surface area (Å²) >= 11 is 0. The summed E-state index contributed by atoms with van der Waals surface area (Å²) in [4.78, 5) is 23.4. The van der Waals surface area contributed by atoms with Crippen molar-refractivity contribution in [3.05, 3.63) is 88.6 Å². The Bertz CT molecular complexity index is 1400. The molecule has 0 aliphatic rings. The molecule has 0 bridgehead atoms. The summed E-state index contributed by atoms with van der Waals surface area (Å²) in [6, 6.07) is 18.1. The molecule has 4 rings (SSSR count). The molecule has 4 aromatic rings. The van der Waals surface area contributed by atoms with E-state index in [9.17, 15) is 23.3 Å². The number of nitro groups is 1. The number of para-hydroxylation sites is 2. The lowest BCUT2D eigenvalue weighted by Crippen LogP contribution is -2.17. The molecule has 1 aromatic heterocycles. The monoisotopic (exact) mass is 437 g/mol. The Morgan fingerprint density at radius 3 is 2.35 bits per heavy atom. The molecule has 156 valence electrons. The molecule has 0 saturated heterocycles. The minimum absolute atomic E-state index is 0.0561. The first-order chi connectivity index (χ1) is 14.8. The number of sulfonamides is 1. The maximum Gasteiger partial charge on any atom is 0.276 e. The number of nitrogens with one attached hydrogen (secondary N) is 3. The minimum Gasteiger partial charge on any atom is -0.319 e. The fraction of sp³-hybridized carbons (Fsp3) is 0. The molecule has 3 aromatic carbocycles. The minimum atomic E-state index is -3.87. The third kappa shape index (κ3) is 4.07. The Morgan fingerprint density at radius 1 is 0.968 bits per heavy atom. The number of fused-ring (bicyclic) bond motifs is 1. The highest BCUT2D eigenvalue weighted by Gasteiger charge is 2.20. The summed E-state index contributed by atoms with van der Waals surface area (Å²) in [5, 5.41) is 20.5. The number of aromatic amines is 1. The topological polar surface area (TPSA) is 147 Å². The highest BCUT2D eigenvalue weighted by molar-refractivity contribution is 7.92. The van der Waals surface area contributed by atoms with Crippen molar-refractivity contribution in [1.29, 1.82) is 0 Å². The Morgan fingerprint density at radius 2 is 1.65 bits per heavy atom. The van der Waals surface area contributed by atoms with E-state index in [-0.39, 0.29) is 33.0 Å². The van der Waals surface area contributed by atoms with E-state index < -0.39 is 20.9 Å². The van der Waals surface area contributed by atoms with Crippen LogP contribution in [0.4, 0.5) is 17.1 Å². The molecular weight excluding hydrogens is 422 g/mol. The molecule has 0 radical (unpaired) electrons. The zero-order chi connectivity index (χ0) is 22.0. The zero-order valence-electron chi connectivity index (χ0n) is 15.8. The third-order valence-corrected chi connectivity index (χ3v) is 5.83. The van der Waals surface area contributed by atoms with Gasteiger partial charge in [-0.2, -0.15) is 5.10 Å². The summed E-state index contributed by atoms with van der Waals surface area (Å²) in [5.74, 6) is -0.655. The molecule has 0 aliphatic heterocycles. The van der Waals surface area contributed by atoms with Crippen LogP contribution in [0.3, 0.4) is 0 Å². The van der Waals surface area contributed by atoms with Crippen LogP contribution in [0, 0.1) is 10.1 Å². The number of carbonyl (C=O) groups excluding carboxylic acids is 1. The van der Waals surface area contributed by atoms with E-state index in [0.29, 0.717) is 5.52 Å². The van der Waals surface area contributed by atoms with Crippen molar-refractivity contribution in [2.45, 2.75) is 4.90 Å². The lowest BCUT2D eigenvalue weighted by Gasteiger charge is -2.13. The van der Waals surface area contributed by atoms with Crippen LogP contribution in [-0.4, -0.2) is 29.4 Å². The highest BCUT2D eigenvalue weighted by Crippen LogP contribution is 2.27. The number of nitrogens with zero attached hydrogens (tertiary/aromatic N) is 2. The van der Waals surface area contributed by atoms with Crippen molar-refractivity contribution < 1.29 is 18.1 Å².